The van der Waals surface area contributed by atoms with Crippen molar-refractivity contribution >= 4 is 11.6 Å². The number of nitrogens with zero attached hydrogens (tertiary/aromatic N) is 3. The molecule has 1 aliphatic heterocycles. The molecule has 4 nitrogen and oxygen atoms in total. The summed E-state index contributed by atoms with van der Waals surface area (Å²) in [7, 11) is 0. The Morgan fingerprint density at radius 3 is 2.67 bits per heavy atom. The Morgan fingerprint density at radius 1 is 1.17 bits per heavy atom. The Hall–Kier alpha value is -2.80. The lowest BCUT2D eigenvalue weighted by Crippen LogP contribution is -2.53. The molecule has 0 spiro atoms. The second-order valence-electron chi connectivity index (χ2n) is 6.33. The number of carbonyl (C=O) groups excluding carboxylic acids is 1. The molecule has 0 N–H and O–H groups in total. The molecule has 1 heterocycles. The van der Waals surface area contributed by atoms with Gasteiger partial charge in [-0.1, -0.05) is 18.2 Å². The number of hydrogen-bond acceptors (Lipinski definition) is 3. The van der Waals surface area contributed by atoms with Crippen molar-refractivity contribution in [3.8, 4) is 6.07 Å². The average Bonchev–Trinajstić information content (AvgIpc) is 2.61. The van der Waals surface area contributed by atoms with E-state index in [0.29, 0.717) is 24.2 Å². The van der Waals surface area contributed by atoms with E-state index in [1.807, 2.05) is 4.90 Å². The van der Waals surface area contributed by atoms with Gasteiger partial charge in [0.2, 0.25) is 0 Å². The van der Waals surface area contributed by atoms with Crippen LogP contribution in [0.25, 0.3) is 0 Å². The summed E-state index contributed by atoms with van der Waals surface area (Å²) in [6.07, 6.45) is 0. The summed E-state index contributed by atoms with van der Waals surface area (Å²) in [6, 6.07) is 17.7. The smallest absolute Gasteiger partial charge is 0.254 e. The minimum atomic E-state index is 0.00263. The van der Waals surface area contributed by atoms with Crippen molar-refractivity contribution in [1.82, 2.24) is 4.90 Å². The van der Waals surface area contributed by atoms with E-state index in [4.69, 9.17) is 5.26 Å². The summed E-state index contributed by atoms with van der Waals surface area (Å²) in [5.41, 5.74) is 3.56. The van der Waals surface area contributed by atoms with Crippen LogP contribution in [-0.4, -0.2) is 36.5 Å². The fourth-order valence-corrected chi connectivity index (χ4v) is 3.24. The number of aryl methyl sites for hydroxylation is 1. The van der Waals surface area contributed by atoms with Gasteiger partial charge in [-0.05, 0) is 49.7 Å². The van der Waals surface area contributed by atoms with Crippen LogP contribution in [0.1, 0.15) is 28.4 Å². The highest BCUT2D eigenvalue weighted by atomic mass is 16.2. The van der Waals surface area contributed by atoms with Gasteiger partial charge in [0.15, 0.2) is 0 Å². The van der Waals surface area contributed by atoms with Crippen LogP contribution in [0.3, 0.4) is 0 Å². The zero-order chi connectivity index (χ0) is 17.1. The summed E-state index contributed by atoms with van der Waals surface area (Å²) in [5, 5.41) is 9.00. The summed E-state index contributed by atoms with van der Waals surface area (Å²) in [4.78, 5) is 16.9. The normalized spacial score (nSPS) is 17.5. The van der Waals surface area contributed by atoms with Gasteiger partial charge in [-0.2, -0.15) is 5.26 Å². The van der Waals surface area contributed by atoms with Crippen LogP contribution in [0.4, 0.5) is 5.69 Å². The van der Waals surface area contributed by atoms with Gasteiger partial charge < -0.3 is 9.80 Å². The first kappa shape index (κ1) is 16.1. The second kappa shape index (κ2) is 6.76. The molecule has 24 heavy (non-hydrogen) atoms. The van der Waals surface area contributed by atoms with E-state index in [2.05, 4.69) is 49.1 Å². The first-order valence-electron chi connectivity index (χ1n) is 8.21. The number of benzene rings is 2. The van der Waals surface area contributed by atoms with Gasteiger partial charge in [0.1, 0.15) is 0 Å². The number of anilines is 1. The van der Waals surface area contributed by atoms with Gasteiger partial charge in [0.05, 0.1) is 11.6 Å². The number of nitriles is 1. The van der Waals surface area contributed by atoms with Gasteiger partial charge in [-0.3, -0.25) is 4.79 Å². The third-order valence-corrected chi connectivity index (χ3v) is 4.49. The molecule has 0 aromatic heterocycles. The predicted molar refractivity (Wildman–Crippen MR) is 95.0 cm³/mol. The van der Waals surface area contributed by atoms with Gasteiger partial charge in [-0.15, -0.1) is 0 Å². The Bertz CT molecular complexity index is 793. The van der Waals surface area contributed by atoms with E-state index in [9.17, 15) is 4.79 Å². The van der Waals surface area contributed by atoms with Crippen molar-refractivity contribution < 1.29 is 4.79 Å². The zero-order valence-corrected chi connectivity index (χ0v) is 14.1. The molecule has 0 unspecified atom stereocenters. The minimum absolute atomic E-state index is 0.00263. The molecular weight excluding hydrogens is 298 g/mol. The SMILES string of the molecule is Cc1cccc(N2CCN(C(=O)c3cccc(C#N)c3)C[C@H]2C)c1. The number of carbonyl (C=O) groups is 1. The summed E-state index contributed by atoms with van der Waals surface area (Å²) < 4.78 is 0. The molecule has 3 rings (SSSR count). The monoisotopic (exact) mass is 319 g/mol. The van der Waals surface area contributed by atoms with Crippen LogP contribution < -0.4 is 4.90 Å². The van der Waals surface area contributed by atoms with E-state index in [1.54, 1.807) is 24.3 Å². The molecule has 1 aliphatic rings. The van der Waals surface area contributed by atoms with Gasteiger partial charge in [0.25, 0.3) is 5.91 Å². The van der Waals surface area contributed by atoms with E-state index in [0.717, 1.165) is 6.54 Å². The van der Waals surface area contributed by atoms with Crippen LogP contribution in [0.5, 0.6) is 0 Å². The standard InChI is InChI=1S/C20H21N3O/c1-15-5-3-8-19(11-15)23-10-9-22(14-16(23)2)20(24)18-7-4-6-17(12-18)13-21/h3-8,11-12,16H,9-10,14H2,1-2H3/t16-/m1/s1. The second-order valence-corrected chi connectivity index (χ2v) is 6.33. The summed E-state index contributed by atoms with van der Waals surface area (Å²) in [5.74, 6) is 0.00263. The van der Waals surface area contributed by atoms with Crippen LogP contribution >= 0.6 is 0 Å². The molecule has 0 saturated carbocycles. The van der Waals surface area contributed by atoms with Crippen molar-refractivity contribution in [3.63, 3.8) is 0 Å². The molecule has 1 fully saturated rings. The lowest BCUT2D eigenvalue weighted by Gasteiger charge is -2.41. The van der Waals surface area contributed by atoms with Crippen LogP contribution in [0.15, 0.2) is 48.5 Å². The number of rotatable bonds is 2. The maximum absolute atomic E-state index is 12.7. The highest BCUT2D eigenvalue weighted by Crippen LogP contribution is 2.22. The van der Waals surface area contributed by atoms with E-state index < -0.39 is 0 Å². The first-order chi connectivity index (χ1) is 11.6. The molecule has 4 heteroatoms. The summed E-state index contributed by atoms with van der Waals surface area (Å²) in [6.45, 7) is 6.43. The average molecular weight is 319 g/mol. The fourth-order valence-electron chi connectivity index (χ4n) is 3.24. The number of hydrogen-bond donors (Lipinski definition) is 0. The van der Waals surface area contributed by atoms with Crippen molar-refractivity contribution in [2.24, 2.45) is 0 Å². The Labute approximate surface area is 142 Å². The Morgan fingerprint density at radius 2 is 1.96 bits per heavy atom. The first-order valence-corrected chi connectivity index (χ1v) is 8.21. The molecule has 0 radical (unpaired) electrons. The molecule has 122 valence electrons. The van der Waals surface area contributed by atoms with Crippen LogP contribution in [0.2, 0.25) is 0 Å². The van der Waals surface area contributed by atoms with Crippen LogP contribution in [0, 0.1) is 18.3 Å². The largest absolute Gasteiger partial charge is 0.365 e. The Balaban J connectivity index is 1.73. The zero-order valence-electron chi connectivity index (χ0n) is 14.1. The molecule has 1 amide bonds. The quantitative estimate of drug-likeness (QED) is 0.854. The third kappa shape index (κ3) is 3.26. The molecule has 1 saturated heterocycles. The molecule has 2 aromatic carbocycles. The minimum Gasteiger partial charge on any atom is -0.365 e. The van der Waals surface area contributed by atoms with Crippen LogP contribution in [-0.2, 0) is 0 Å². The topological polar surface area (TPSA) is 47.3 Å². The summed E-state index contributed by atoms with van der Waals surface area (Å²) >= 11 is 0. The molecule has 1 atom stereocenters. The van der Waals surface area contributed by atoms with E-state index >= 15 is 0 Å². The number of amides is 1. The van der Waals surface area contributed by atoms with Crippen molar-refractivity contribution in [2.45, 2.75) is 19.9 Å². The molecule has 0 aliphatic carbocycles. The molecule has 0 bridgehead atoms. The fraction of sp³-hybridized carbons (Fsp3) is 0.300. The van der Waals surface area contributed by atoms with Crippen molar-refractivity contribution in [1.29, 1.82) is 5.26 Å². The maximum Gasteiger partial charge on any atom is 0.254 e. The van der Waals surface area contributed by atoms with Gasteiger partial charge in [-0.25, -0.2) is 0 Å². The maximum atomic E-state index is 12.7. The van der Waals surface area contributed by atoms with Gasteiger partial charge in [0, 0.05) is 36.9 Å². The predicted octanol–water partition coefficient (Wildman–Crippen LogP) is 3.22. The molecular formula is C20H21N3O. The lowest BCUT2D eigenvalue weighted by atomic mass is 10.1. The highest BCUT2D eigenvalue weighted by molar-refractivity contribution is 5.94. The molecule has 2 aromatic rings. The lowest BCUT2D eigenvalue weighted by molar-refractivity contribution is 0.0726. The Kier molecular flexibility index (Phi) is 4.52. The van der Waals surface area contributed by atoms with Crippen molar-refractivity contribution in [2.75, 3.05) is 24.5 Å². The van der Waals surface area contributed by atoms with Crippen molar-refractivity contribution in [3.05, 3.63) is 65.2 Å². The number of piperazine rings is 1. The van der Waals surface area contributed by atoms with E-state index in [-0.39, 0.29) is 11.9 Å². The van der Waals surface area contributed by atoms with Gasteiger partial charge >= 0.3 is 0 Å². The highest BCUT2D eigenvalue weighted by Gasteiger charge is 2.27. The van der Waals surface area contributed by atoms with E-state index in [1.165, 1.54) is 11.3 Å². The third-order valence-electron chi connectivity index (χ3n) is 4.49.